The van der Waals surface area contributed by atoms with Gasteiger partial charge in [-0.25, -0.2) is 9.59 Å². The Morgan fingerprint density at radius 2 is 0.933 bits per heavy atom. The number of carbonyl (C=O) groups is 4. The molecule has 8 heteroatoms. The predicted octanol–water partition coefficient (Wildman–Crippen LogP) is 2.09. The average molecular weight is 410 g/mol. The Kier molecular flexibility index (Phi) is 8.31. The van der Waals surface area contributed by atoms with Gasteiger partial charge in [-0.2, -0.15) is 0 Å². The van der Waals surface area contributed by atoms with Crippen LogP contribution in [0, 0.1) is 0 Å². The number of aliphatic carboxylic acids is 2. The lowest BCUT2D eigenvalue weighted by molar-refractivity contribution is -0.136. The molecule has 0 fully saturated rings. The number of rotatable bonds is 10. The number of benzene rings is 2. The first kappa shape index (κ1) is 22.4. The van der Waals surface area contributed by atoms with Crippen LogP contribution in [0.4, 0.5) is 0 Å². The molecule has 0 radical (unpaired) electrons. The van der Waals surface area contributed by atoms with Crippen LogP contribution in [0.2, 0.25) is 0 Å². The number of amides is 2. The van der Waals surface area contributed by atoms with Gasteiger partial charge < -0.3 is 20.8 Å². The monoisotopic (exact) mass is 410 g/mol. The first-order chi connectivity index (χ1) is 14.4. The third kappa shape index (κ3) is 6.59. The van der Waals surface area contributed by atoms with E-state index in [1.165, 1.54) is 0 Å². The number of hydrogen-bond acceptors (Lipinski definition) is 4. The molecule has 156 valence electrons. The van der Waals surface area contributed by atoms with Crippen LogP contribution in [-0.4, -0.2) is 47.1 Å². The highest BCUT2D eigenvalue weighted by Gasteiger charge is 2.20. The number of nitrogens with one attached hydrogen (secondary N) is 2. The molecule has 8 nitrogen and oxygen atoms in total. The predicted molar refractivity (Wildman–Crippen MR) is 109 cm³/mol. The maximum absolute atomic E-state index is 12.0. The van der Waals surface area contributed by atoms with E-state index in [-0.39, 0.29) is 48.9 Å². The van der Waals surface area contributed by atoms with E-state index in [4.69, 9.17) is 0 Å². The summed E-state index contributed by atoms with van der Waals surface area (Å²) in [6.07, 6.45) is -0.329. The van der Waals surface area contributed by atoms with E-state index >= 15 is 0 Å². The van der Waals surface area contributed by atoms with Crippen molar-refractivity contribution in [3.05, 3.63) is 82.9 Å². The molecule has 30 heavy (non-hydrogen) atoms. The number of carbonyl (C=O) groups excluding carboxylic acids is 2. The first-order valence-corrected chi connectivity index (χ1v) is 9.25. The Labute approximate surface area is 173 Å². The fourth-order valence-corrected chi connectivity index (χ4v) is 2.76. The summed E-state index contributed by atoms with van der Waals surface area (Å²) in [5.41, 5.74) is 0.204. The third-order valence-electron chi connectivity index (χ3n) is 4.27. The molecule has 0 heterocycles. The molecule has 2 aromatic rings. The molecular formula is C22H22N2O6. The van der Waals surface area contributed by atoms with Gasteiger partial charge in [-0.05, 0) is 37.1 Å². The van der Waals surface area contributed by atoms with Crippen LogP contribution in [-0.2, 0) is 9.59 Å². The van der Waals surface area contributed by atoms with E-state index in [2.05, 4.69) is 10.6 Å². The lowest BCUT2D eigenvalue weighted by atomic mass is 10.0. The molecule has 4 N–H and O–H groups in total. The second-order valence-corrected chi connectivity index (χ2v) is 6.31. The Morgan fingerprint density at radius 3 is 1.23 bits per heavy atom. The highest BCUT2D eigenvalue weighted by atomic mass is 16.4. The van der Waals surface area contributed by atoms with E-state index in [9.17, 15) is 29.4 Å². The largest absolute Gasteiger partial charge is 0.478 e. The quantitative estimate of drug-likeness (QED) is 0.443. The van der Waals surface area contributed by atoms with Crippen LogP contribution in [0.25, 0.3) is 0 Å². The minimum absolute atomic E-state index is 0.0392. The molecule has 2 amide bonds. The van der Waals surface area contributed by atoms with Crippen LogP contribution in [0.1, 0.15) is 33.6 Å². The smallest absolute Gasteiger partial charge is 0.332 e. The second kappa shape index (κ2) is 11.2. The topological polar surface area (TPSA) is 133 Å². The molecule has 0 saturated heterocycles. The van der Waals surface area contributed by atoms with Crippen molar-refractivity contribution in [3.63, 3.8) is 0 Å². The Hall–Kier alpha value is -3.94. The van der Waals surface area contributed by atoms with Crippen molar-refractivity contribution in [2.45, 2.75) is 12.8 Å². The van der Waals surface area contributed by atoms with Crippen molar-refractivity contribution in [2.75, 3.05) is 13.1 Å². The SMILES string of the molecule is O=C(O)C(CCNC(=O)c1ccccc1)=C(CCNC(=O)c1ccccc1)C(=O)O. The fourth-order valence-electron chi connectivity index (χ4n) is 2.76. The van der Waals surface area contributed by atoms with E-state index in [1.54, 1.807) is 60.7 Å². The standard InChI is InChI=1S/C22H22N2O6/c25-19(15-7-3-1-4-8-15)23-13-11-17(21(27)28)18(22(29)30)12-14-24-20(26)16-9-5-2-6-10-16/h1-10H,11-14H2,(H,23,25)(H,24,26)(H,27,28)(H,29,30). The summed E-state index contributed by atoms with van der Waals surface area (Å²) in [6.45, 7) is -0.0783. The molecule has 0 saturated carbocycles. The van der Waals surface area contributed by atoms with Crippen molar-refractivity contribution < 1.29 is 29.4 Å². The fraction of sp³-hybridized carbons (Fsp3) is 0.182. The van der Waals surface area contributed by atoms with Gasteiger partial charge in [0.05, 0.1) is 0 Å². The van der Waals surface area contributed by atoms with Crippen LogP contribution >= 0.6 is 0 Å². The minimum atomic E-state index is -1.38. The molecule has 0 unspecified atom stereocenters. The van der Waals surface area contributed by atoms with Gasteiger partial charge in [0, 0.05) is 35.4 Å². The van der Waals surface area contributed by atoms with Crippen molar-refractivity contribution in [1.29, 1.82) is 0 Å². The minimum Gasteiger partial charge on any atom is -0.478 e. The lowest BCUT2D eigenvalue weighted by Gasteiger charge is -2.11. The molecule has 0 aliphatic carbocycles. The Morgan fingerprint density at radius 1 is 0.600 bits per heavy atom. The molecule has 0 spiro atoms. The van der Waals surface area contributed by atoms with Gasteiger partial charge in [0.2, 0.25) is 0 Å². The van der Waals surface area contributed by atoms with Crippen LogP contribution < -0.4 is 10.6 Å². The summed E-state index contributed by atoms with van der Waals surface area (Å²) in [5, 5.41) is 24.0. The zero-order chi connectivity index (χ0) is 21.9. The van der Waals surface area contributed by atoms with E-state index < -0.39 is 11.9 Å². The van der Waals surface area contributed by atoms with Gasteiger partial charge in [-0.1, -0.05) is 36.4 Å². The van der Waals surface area contributed by atoms with Crippen LogP contribution in [0.3, 0.4) is 0 Å². The van der Waals surface area contributed by atoms with Crippen LogP contribution in [0.15, 0.2) is 71.8 Å². The summed E-state index contributed by atoms with van der Waals surface area (Å²) in [4.78, 5) is 47.3. The number of carboxylic acid groups (broad SMARTS) is 2. The third-order valence-corrected chi connectivity index (χ3v) is 4.27. The van der Waals surface area contributed by atoms with Gasteiger partial charge in [-0.3, -0.25) is 9.59 Å². The molecule has 0 aromatic heterocycles. The molecule has 0 aliphatic rings. The summed E-state index contributed by atoms with van der Waals surface area (Å²) >= 11 is 0. The Balaban J connectivity index is 1.99. The maximum atomic E-state index is 12.0. The van der Waals surface area contributed by atoms with Gasteiger partial charge in [0.15, 0.2) is 0 Å². The van der Waals surface area contributed by atoms with Gasteiger partial charge in [0.1, 0.15) is 0 Å². The summed E-state index contributed by atoms with van der Waals surface area (Å²) in [5.74, 6) is -3.52. The van der Waals surface area contributed by atoms with E-state index in [0.29, 0.717) is 11.1 Å². The summed E-state index contributed by atoms with van der Waals surface area (Å²) in [7, 11) is 0. The van der Waals surface area contributed by atoms with Crippen molar-refractivity contribution in [3.8, 4) is 0 Å². The molecule has 0 aliphatic heterocycles. The lowest BCUT2D eigenvalue weighted by Crippen LogP contribution is -2.28. The second-order valence-electron chi connectivity index (χ2n) is 6.31. The average Bonchev–Trinajstić information content (AvgIpc) is 2.75. The molecular weight excluding hydrogens is 388 g/mol. The van der Waals surface area contributed by atoms with Gasteiger partial charge in [0.25, 0.3) is 11.8 Å². The highest BCUT2D eigenvalue weighted by Crippen LogP contribution is 2.14. The van der Waals surface area contributed by atoms with Crippen molar-refractivity contribution in [2.24, 2.45) is 0 Å². The van der Waals surface area contributed by atoms with Crippen molar-refractivity contribution in [1.82, 2.24) is 10.6 Å². The zero-order valence-electron chi connectivity index (χ0n) is 16.1. The van der Waals surface area contributed by atoms with Crippen molar-refractivity contribution >= 4 is 23.8 Å². The maximum Gasteiger partial charge on any atom is 0.332 e. The summed E-state index contributed by atoms with van der Waals surface area (Å²) < 4.78 is 0. The zero-order valence-corrected chi connectivity index (χ0v) is 16.1. The van der Waals surface area contributed by atoms with E-state index in [1.807, 2.05) is 0 Å². The number of carboxylic acids is 2. The normalized spacial score (nSPS) is 11.2. The number of hydrogen-bond donors (Lipinski definition) is 4. The Bertz CT molecular complexity index is 861. The van der Waals surface area contributed by atoms with Gasteiger partial charge >= 0.3 is 11.9 Å². The molecule has 2 rings (SSSR count). The molecule has 0 bridgehead atoms. The summed E-state index contributed by atoms with van der Waals surface area (Å²) in [6, 6.07) is 16.8. The van der Waals surface area contributed by atoms with E-state index in [0.717, 1.165) is 0 Å². The van der Waals surface area contributed by atoms with Crippen LogP contribution in [0.5, 0.6) is 0 Å². The highest BCUT2D eigenvalue weighted by molar-refractivity contribution is 5.99. The molecule has 0 atom stereocenters. The molecule has 2 aromatic carbocycles. The van der Waals surface area contributed by atoms with Gasteiger partial charge in [-0.15, -0.1) is 0 Å². The first-order valence-electron chi connectivity index (χ1n) is 9.25.